The molecule has 0 radical (unpaired) electrons. The molecule has 19 heavy (non-hydrogen) atoms. The van der Waals surface area contributed by atoms with E-state index in [0.29, 0.717) is 6.54 Å². The average molecular weight is 257 g/mol. The van der Waals surface area contributed by atoms with Crippen LogP contribution < -0.4 is 15.4 Å². The van der Waals surface area contributed by atoms with Crippen LogP contribution in [0, 0.1) is 6.92 Å². The Morgan fingerprint density at radius 3 is 2.47 bits per heavy atom. The number of hydrogen-bond donors (Lipinski definition) is 1. The first-order valence-corrected chi connectivity index (χ1v) is 6.19. The van der Waals surface area contributed by atoms with Gasteiger partial charge in [-0.1, -0.05) is 0 Å². The largest absolute Gasteiger partial charge is 0.497 e. The summed E-state index contributed by atoms with van der Waals surface area (Å²) < 4.78 is 5.16. The van der Waals surface area contributed by atoms with E-state index in [-0.39, 0.29) is 0 Å². The number of benzene rings is 1. The summed E-state index contributed by atoms with van der Waals surface area (Å²) in [5.74, 6) is 1.74. The van der Waals surface area contributed by atoms with E-state index < -0.39 is 0 Å². The molecule has 0 atom stereocenters. The second-order valence-corrected chi connectivity index (χ2v) is 4.39. The zero-order valence-electron chi connectivity index (χ0n) is 11.6. The van der Waals surface area contributed by atoms with Gasteiger partial charge in [-0.3, -0.25) is 0 Å². The first-order chi connectivity index (χ1) is 9.17. The Bertz CT molecular complexity index is 552. The molecule has 2 rings (SSSR count). The maximum Gasteiger partial charge on any atom is 0.137 e. The van der Waals surface area contributed by atoms with Crippen molar-refractivity contribution in [3.63, 3.8) is 0 Å². The number of aryl methyl sites for hydroxylation is 1. The molecule has 0 amide bonds. The highest BCUT2D eigenvalue weighted by atomic mass is 16.5. The van der Waals surface area contributed by atoms with Gasteiger partial charge in [-0.2, -0.15) is 0 Å². The van der Waals surface area contributed by atoms with E-state index in [1.54, 1.807) is 7.11 Å². The Labute approximate surface area is 113 Å². The van der Waals surface area contributed by atoms with Gasteiger partial charge in [0.15, 0.2) is 0 Å². The zero-order valence-corrected chi connectivity index (χ0v) is 11.6. The third-order valence-corrected chi connectivity index (χ3v) is 3.25. The minimum Gasteiger partial charge on any atom is -0.497 e. The molecule has 4 heteroatoms. The summed E-state index contributed by atoms with van der Waals surface area (Å²) in [5.41, 5.74) is 9.11. The van der Waals surface area contributed by atoms with Gasteiger partial charge in [-0.15, -0.1) is 0 Å². The molecule has 0 spiro atoms. The summed E-state index contributed by atoms with van der Waals surface area (Å²) in [5, 5.41) is 0. The smallest absolute Gasteiger partial charge is 0.137 e. The average Bonchev–Trinajstić information content (AvgIpc) is 2.46. The van der Waals surface area contributed by atoms with Crippen molar-refractivity contribution in [1.82, 2.24) is 4.98 Å². The molecule has 4 nitrogen and oxygen atoms in total. The molecule has 0 unspecified atom stereocenters. The van der Waals surface area contributed by atoms with Crippen LogP contribution in [0.4, 0.5) is 11.5 Å². The van der Waals surface area contributed by atoms with Crippen molar-refractivity contribution in [1.29, 1.82) is 0 Å². The van der Waals surface area contributed by atoms with Gasteiger partial charge >= 0.3 is 0 Å². The van der Waals surface area contributed by atoms with Crippen LogP contribution in [0.1, 0.15) is 11.1 Å². The Hall–Kier alpha value is -2.07. The fourth-order valence-electron chi connectivity index (χ4n) is 2.04. The molecule has 2 N–H and O–H groups in total. The number of anilines is 2. The van der Waals surface area contributed by atoms with Crippen LogP contribution >= 0.6 is 0 Å². The van der Waals surface area contributed by atoms with Crippen molar-refractivity contribution in [3.05, 3.63) is 47.7 Å². The highest BCUT2D eigenvalue weighted by molar-refractivity contribution is 5.63. The Balaban J connectivity index is 2.37. The lowest BCUT2D eigenvalue weighted by Gasteiger charge is -2.22. The first kappa shape index (κ1) is 13.4. The Morgan fingerprint density at radius 1 is 1.21 bits per heavy atom. The second-order valence-electron chi connectivity index (χ2n) is 4.39. The molecule has 0 saturated heterocycles. The molecular formula is C15H19N3O. The fraction of sp³-hybridized carbons (Fsp3) is 0.267. The van der Waals surface area contributed by atoms with Crippen molar-refractivity contribution >= 4 is 11.5 Å². The summed E-state index contributed by atoms with van der Waals surface area (Å²) in [4.78, 5) is 6.48. The molecule has 1 aromatic carbocycles. The monoisotopic (exact) mass is 257 g/mol. The van der Waals surface area contributed by atoms with E-state index in [1.165, 1.54) is 0 Å². The number of nitrogens with two attached hydrogens (primary N) is 1. The Kier molecular flexibility index (Phi) is 4.02. The van der Waals surface area contributed by atoms with Crippen LogP contribution in [-0.4, -0.2) is 19.1 Å². The highest BCUT2D eigenvalue weighted by Crippen LogP contribution is 2.27. The van der Waals surface area contributed by atoms with Gasteiger partial charge in [-0.25, -0.2) is 4.98 Å². The molecule has 1 aromatic heterocycles. The standard InChI is InChI=1S/C15H19N3O/c1-11-8-9-17-15(14(11)10-16)18(2)12-4-6-13(19-3)7-5-12/h4-9H,10,16H2,1-3H3. The lowest BCUT2D eigenvalue weighted by Crippen LogP contribution is -2.16. The molecule has 0 aliphatic rings. The lowest BCUT2D eigenvalue weighted by atomic mass is 10.1. The zero-order chi connectivity index (χ0) is 13.8. The molecule has 0 bridgehead atoms. The molecule has 2 aromatic rings. The Morgan fingerprint density at radius 2 is 1.89 bits per heavy atom. The SMILES string of the molecule is COc1ccc(N(C)c2nccc(C)c2CN)cc1. The minimum atomic E-state index is 0.482. The third-order valence-electron chi connectivity index (χ3n) is 3.25. The molecular weight excluding hydrogens is 238 g/mol. The summed E-state index contributed by atoms with van der Waals surface area (Å²) in [6.45, 7) is 2.53. The molecule has 1 heterocycles. The lowest BCUT2D eigenvalue weighted by molar-refractivity contribution is 0.415. The number of ether oxygens (including phenoxy) is 1. The second kappa shape index (κ2) is 5.71. The predicted molar refractivity (Wildman–Crippen MR) is 77.9 cm³/mol. The van der Waals surface area contributed by atoms with E-state index >= 15 is 0 Å². The number of rotatable bonds is 4. The summed E-state index contributed by atoms with van der Waals surface area (Å²) in [6, 6.07) is 9.85. The van der Waals surface area contributed by atoms with Crippen LogP contribution in [0.5, 0.6) is 5.75 Å². The van der Waals surface area contributed by atoms with E-state index in [9.17, 15) is 0 Å². The van der Waals surface area contributed by atoms with Gasteiger partial charge in [0, 0.05) is 31.0 Å². The van der Waals surface area contributed by atoms with Crippen LogP contribution in [0.15, 0.2) is 36.5 Å². The van der Waals surface area contributed by atoms with E-state index in [1.807, 2.05) is 48.5 Å². The van der Waals surface area contributed by atoms with Crippen LogP contribution in [0.3, 0.4) is 0 Å². The minimum absolute atomic E-state index is 0.482. The summed E-state index contributed by atoms with van der Waals surface area (Å²) in [6.07, 6.45) is 1.81. The van der Waals surface area contributed by atoms with Gasteiger partial charge in [0.25, 0.3) is 0 Å². The van der Waals surface area contributed by atoms with Crippen LogP contribution in [0.25, 0.3) is 0 Å². The van der Waals surface area contributed by atoms with E-state index in [2.05, 4.69) is 11.9 Å². The van der Waals surface area contributed by atoms with Gasteiger partial charge in [0.2, 0.25) is 0 Å². The molecule has 0 aliphatic carbocycles. The quantitative estimate of drug-likeness (QED) is 0.914. The van der Waals surface area contributed by atoms with Crippen molar-refractivity contribution in [2.24, 2.45) is 5.73 Å². The van der Waals surface area contributed by atoms with Crippen LogP contribution in [-0.2, 0) is 6.54 Å². The molecule has 0 aliphatic heterocycles. The summed E-state index contributed by atoms with van der Waals surface area (Å²) >= 11 is 0. The summed E-state index contributed by atoms with van der Waals surface area (Å²) in [7, 11) is 3.65. The third kappa shape index (κ3) is 2.69. The van der Waals surface area contributed by atoms with Gasteiger partial charge in [0.1, 0.15) is 11.6 Å². The van der Waals surface area contributed by atoms with Gasteiger partial charge in [0.05, 0.1) is 7.11 Å². The maximum atomic E-state index is 5.83. The number of pyridine rings is 1. The van der Waals surface area contributed by atoms with Crippen molar-refractivity contribution < 1.29 is 4.74 Å². The number of aromatic nitrogens is 1. The van der Waals surface area contributed by atoms with E-state index in [0.717, 1.165) is 28.4 Å². The van der Waals surface area contributed by atoms with Crippen LogP contribution in [0.2, 0.25) is 0 Å². The van der Waals surface area contributed by atoms with E-state index in [4.69, 9.17) is 10.5 Å². The number of nitrogens with zero attached hydrogens (tertiary/aromatic N) is 2. The van der Waals surface area contributed by atoms with Crippen molar-refractivity contribution in [2.45, 2.75) is 13.5 Å². The maximum absolute atomic E-state index is 5.83. The number of hydrogen-bond acceptors (Lipinski definition) is 4. The fourth-order valence-corrected chi connectivity index (χ4v) is 2.04. The normalized spacial score (nSPS) is 10.3. The number of methoxy groups -OCH3 is 1. The highest BCUT2D eigenvalue weighted by Gasteiger charge is 2.11. The predicted octanol–water partition coefficient (Wildman–Crippen LogP) is 2.63. The molecule has 0 saturated carbocycles. The van der Waals surface area contributed by atoms with Gasteiger partial charge in [-0.05, 0) is 42.8 Å². The van der Waals surface area contributed by atoms with Crippen molar-refractivity contribution in [2.75, 3.05) is 19.1 Å². The van der Waals surface area contributed by atoms with Crippen molar-refractivity contribution in [3.8, 4) is 5.75 Å². The molecule has 0 fully saturated rings. The van der Waals surface area contributed by atoms with Gasteiger partial charge < -0.3 is 15.4 Å². The first-order valence-electron chi connectivity index (χ1n) is 6.19. The topological polar surface area (TPSA) is 51.4 Å². The molecule has 100 valence electrons.